The van der Waals surface area contributed by atoms with Gasteiger partial charge in [0.25, 0.3) is 10.0 Å². The number of carbonyl (C=O) groups excluding carboxylic acids is 1. The molecule has 0 radical (unpaired) electrons. The van der Waals surface area contributed by atoms with Gasteiger partial charge in [-0.3, -0.25) is 9.52 Å². The van der Waals surface area contributed by atoms with E-state index in [2.05, 4.69) is 9.62 Å². The highest BCUT2D eigenvalue weighted by Crippen LogP contribution is 2.30. The van der Waals surface area contributed by atoms with Crippen molar-refractivity contribution in [3.8, 4) is 0 Å². The predicted octanol–water partition coefficient (Wildman–Crippen LogP) is 3.75. The number of hydrogen-bond acceptors (Lipinski definition) is 4. The lowest BCUT2D eigenvalue weighted by Crippen LogP contribution is -2.50. The lowest BCUT2D eigenvalue weighted by molar-refractivity contribution is -0.134. The van der Waals surface area contributed by atoms with Gasteiger partial charge in [-0.2, -0.15) is 0 Å². The Hall–Kier alpha value is -2.25. The fourth-order valence-electron chi connectivity index (χ4n) is 3.29. The van der Waals surface area contributed by atoms with Crippen LogP contribution in [0.4, 0.5) is 11.4 Å². The number of sulfonamides is 1. The summed E-state index contributed by atoms with van der Waals surface area (Å²) in [6.07, 6.45) is 0. The van der Waals surface area contributed by atoms with Crippen LogP contribution in [0.15, 0.2) is 47.4 Å². The van der Waals surface area contributed by atoms with Crippen LogP contribution in [0.3, 0.4) is 0 Å². The first-order valence-corrected chi connectivity index (χ1v) is 11.5. The van der Waals surface area contributed by atoms with Crippen LogP contribution in [-0.2, 0) is 14.8 Å². The molecule has 1 heterocycles. The monoisotopic (exact) mass is 435 g/mol. The normalized spacial score (nSPS) is 14.9. The molecule has 1 N–H and O–H groups in total. The van der Waals surface area contributed by atoms with Crippen LogP contribution in [0.5, 0.6) is 0 Å². The standard InChI is InChI=1S/C21H26ClN3O3S/c1-15(2)21(26)25-12-10-24(11-13-25)20-9-6-17(14-19(20)22)23-29(27,28)18-7-4-16(3)5-8-18/h4-9,14-15,23H,10-13H2,1-3H3. The fraction of sp³-hybridized carbons (Fsp3) is 0.381. The Morgan fingerprint density at radius 2 is 1.66 bits per heavy atom. The average Bonchev–Trinajstić information content (AvgIpc) is 2.67. The molecule has 0 saturated carbocycles. The maximum Gasteiger partial charge on any atom is 0.261 e. The van der Waals surface area contributed by atoms with Gasteiger partial charge >= 0.3 is 0 Å². The highest BCUT2D eigenvalue weighted by molar-refractivity contribution is 7.92. The SMILES string of the molecule is Cc1ccc(S(=O)(=O)Nc2ccc(N3CCN(C(=O)C(C)C)CC3)c(Cl)c2)cc1. The van der Waals surface area contributed by atoms with E-state index >= 15 is 0 Å². The van der Waals surface area contributed by atoms with Crippen molar-refractivity contribution in [3.63, 3.8) is 0 Å². The van der Waals surface area contributed by atoms with Crippen molar-refractivity contribution in [2.45, 2.75) is 25.7 Å². The molecule has 8 heteroatoms. The molecule has 156 valence electrons. The Morgan fingerprint density at radius 3 is 2.21 bits per heavy atom. The van der Waals surface area contributed by atoms with Gasteiger partial charge < -0.3 is 9.80 Å². The van der Waals surface area contributed by atoms with E-state index < -0.39 is 10.0 Å². The van der Waals surface area contributed by atoms with Crippen LogP contribution in [0, 0.1) is 12.8 Å². The van der Waals surface area contributed by atoms with Gasteiger partial charge in [0.15, 0.2) is 0 Å². The van der Waals surface area contributed by atoms with Gasteiger partial charge in [-0.1, -0.05) is 43.1 Å². The summed E-state index contributed by atoms with van der Waals surface area (Å²) in [6, 6.07) is 11.8. The summed E-state index contributed by atoms with van der Waals surface area (Å²) in [4.78, 5) is 16.3. The Morgan fingerprint density at radius 1 is 1.03 bits per heavy atom. The number of hydrogen-bond donors (Lipinski definition) is 1. The molecule has 1 aliphatic rings. The molecule has 0 atom stereocenters. The third-order valence-electron chi connectivity index (χ3n) is 4.96. The number of anilines is 2. The van der Waals surface area contributed by atoms with Crippen molar-refractivity contribution in [3.05, 3.63) is 53.1 Å². The second-order valence-electron chi connectivity index (χ2n) is 7.55. The van der Waals surface area contributed by atoms with Crippen LogP contribution in [-0.4, -0.2) is 45.4 Å². The number of benzene rings is 2. The van der Waals surface area contributed by atoms with Crippen molar-refractivity contribution in [1.82, 2.24) is 4.90 Å². The van der Waals surface area contributed by atoms with Crippen LogP contribution >= 0.6 is 11.6 Å². The van der Waals surface area contributed by atoms with E-state index in [0.29, 0.717) is 36.9 Å². The first-order chi connectivity index (χ1) is 13.7. The van der Waals surface area contributed by atoms with Gasteiger partial charge in [-0.25, -0.2) is 8.42 Å². The van der Waals surface area contributed by atoms with Crippen molar-refractivity contribution in [2.75, 3.05) is 35.8 Å². The molecule has 2 aromatic rings. The van der Waals surface area contributed by atoms with Crippen LogP contribution in [0.2, 0.25) is 5.02 Å². The summed E-state index contributed by atoms with van der Waals surface area (Å²) in [5.41, 5.74) is 2.24. The van der Waals surface area contributed by atoms with E-state index in [-0.39, 0.29) is 16.7 Å². The number of aryl methyl sites for hydroxylation is 1. The largest absolute Gasteiger partial charge is 0.367 e. The first-order valence-electron chi connectivity index (χ1n) is 9.60. The molecule has 6 nitrogen and oxygen atoms in total. The minimum absolute atomic E-state index is 0.00836. The Balaban J connectivity index is 1.69. The van der Waals surface area contributed by atoms with Crippen LogP contribution < -0.4 is 9.62 Å². The summed E-state index contributed by atoms with van der Waals surface area (Å²) in [7, 11) is -3.68. The number of nitrogens with one attached hydrogen (secondary N) is 1. The molecule has 0 bridgehead atoms. The number of amides is 1. The highest BCUT2D eigenvalue weighted by Gasteiger charge is 2.24. The van der Waals surface area contributed by atoms with Crippen molar-refractivity contribution >= 4 is 38.9 Å². The van der Waals surface area contributed by atoms with Crippen LogP contribution in [0.1, 0.15) is 19.4 Å². The molecule has 0 unspecified atom stereocenters. The summed E-state index contributed by atoms with van der Waals surface area (Å²) >= 11 is 6.45. The van der Waals surface area contributed by atoms with E-state index in [1.54, 1.807) is 36.4 Å². The zero-order chi connectivity index (χ0) is 21.2. The molecule has 1 amide bonds. The van der Waals surface area contributed by atoms with E-state index in [1.165, 1.54) is 0 Å². The van der Waals surface area contributed by atoms with E-state index in [9.17, 15) is 13.2 Å². The molecule has 0 aliphatic carbocycles. The minimum Gasteiger partial charge on any atom is -0.367 e. The maximum absolute atomic E-state index is 12.6. The number of nitrogens with zero attached hydrogens (tertiary/aromatic N) is 2. The van der Waals surface area contributed by atoms with E-state index in [4.69, 9.17) is 11.6 Å². The highest BCUT2D eigenvalue weighted by atomic mass is 35.5. The second-order valence-corrected chi connectivity index (χ2v) is 9.64. The third kappa shape index (κ3) is 5.03. The minimum atomic E-state index is -3.68. The molecule has 0 aromatic heterocycles. The smallest absolute Gasteiger partial charge is 0.261 e. The van der Waals surface area contributed by atoms with Gasteiger partial charge in [0, 0.05) is 32.1 Å². The average molecular weight is 436 g/mol. The number of carbonyl (C=O) groups is 1. The number of rotatable bonds is 5. The van der Waals surface area contributed by atoms with Gasteiger partial charge in [-0.15, -0.1) is 0 Å². The summed E-state index contributed by atoms with van der Waals surface area (Å²) in [6.45, 7) is 8.38. The van der Waals surface area contributed by atoms with E-state index in [0.717, 1.165) is 11.3 Å². The summed E-state index contributed by atoms with van der Waals surface area (Å²) < 4.78 is 27.7. The number of halogens is 1. The van der Waals surface area contributed by atoms with Crippen LogP contribution in [0.25, 0.3) is 0 Å². The van der Waals surface area contributed by atoms with Crippen molar-refractivity contribution in [2.24, 2.45) is 5.92 Å². The summed E-state index contributed by atoms with van der Waals surface area (Å²) in [5.74, 6) is 0.155. The molecule has 29 heavy (non-hydrogen) atoms. The lowest BCUT2D eigenvalue weighted by atomic mass is 10.1. The Kier molecular flexibility index (Phi) is 6.39. The topological polar surface area (TPSA) is 69.7 Å². The van der Waals surface area contributed by atoms with Gasteiger partial charge in [-0.05, 0) is 37.3 Å². The third-order valence-corrected chi connectivity index (χ3v) is 6.66. The van der Waals surface area contributed by atoms with Crippen molar-refractivity contribution in [1.29, 1.82) is 0 Å². The molecule has 3 rings (SSSR count). The molecular weight excluding hydrogens is 410 g/mol. The molecule has 0 spiro atoms. The maximum atomic E-state index is 12.6. The van der Waals surface area contributed by atoms with E-state index in [1.807, 2.05) is 31.7 Å². The Labute approximate surface area is 177 Å². The molecule has 1 fully saturated rings. The lowest BCUT2D eigenvalue weighted by Gasteiger charge is -2.37. The Bertz CT molecular complexity index is 983. The molecule has 1 aliphatic heterocycles. The van der Waals surface area contributed by atoms with Gasteiger partial charge in [0.05, 0.1) is 21.3 Å². The summed E-state index contributed by atoms with van der Waals surface area (Å²) in [5, 5.41) is 0.470. The molecular formula is C21H26ClN3O3S. The van der Waals surface area contributed by atoms with Gasteiger partial charge in [0.2, 0.25) is 5.91 Å². The fourth-order valence-corrected chi connectivity index (χ4v) is 4.64. The zero-order valence-corrected chi connectivity index (χ0v) is 18.4. The molecule has 1 saturated heterocycles. The first kappa shape index (κ1) is 21.5. The predicted molar refractivity (Wildman–Crippen MR) is 117 cm³/mol. The van der Waals surface area contributed by atoms with Crippen molar-refractivity contribution < 1.29 is 13.2 Å². The zero-order valence-electron chi connectivity index (χ0n) is 16.9. The second kappa shape index (κ2) is 8.63. The van der Waals surface area contributed by atoms with Gasteiger partial charge in [0.1, 0.15) is 0 Å². The number of piperazine rings is 1. The molecule has 2 aromatic carbocycles. The quantitative estimate of drug-likeness (QED) is 0.776.